The number of carbonyl (C=O) groups is 2. The highest BCUT2D eigenvalue weighted by Crippen LogP contribution is 2.22. The minimum atomic E-state index is -0.683. The number of hydrogen-bond acceptors (Lipinski definition) is 5. The van der Waals surface area contributed by atoms with Crippen LogP contribution >= 0.6 is 0 Å². The molecule has 144 valence electrons. The fourth-order valence-corrected chi connectivity index (χ4v) is 3.14. The molecule has 0 bridgehead atoms. The highest BCUT2D eigenvalue weighted by Gasteiger charge is 2.34. The van der Waals surface area contributed by atoms with Crippen molar-refractivity contribution < 1.29 is 14.7 Å². The molecule has 3 N–H and O–H groups in total. The van der Waals surface area contributed by atoms with Gasteiger partial charge in [0.05, 0.1) is 12.0 Å². The molecule has 0 spiro atoms. The highest BCUT2D eigenvalue weighted by atomic mass is 16.2. The third-order valence-corrected chi connectivity index (χ3v) is 4.53. The van der Waals surface area contributed by atoms with Crippen molar-refractivity contribution in [2.45, 2.75) is 46.3 Å². The standard InChI is InChI=1S/C18H29N5O3/c1-18(2,3)15(17(26)19-4)21-16(25)14-12-11-22(5)8-6-9-23(12)13(20-14)7-10-24/h7,10,15,24H,6,8-9,11H2,1-5H3,(H,19,26)(H,21,25)/b10-7+/t15-/m1/s1. The van der Waals surface area contributed by atoms with Crippen LogP contribution in [0, 0.1) is 5.41 Å². The molecule has 1 aliphatic heterocycles. The molecule has 0 saturated heterocycles. The third kappa shape index (κ3) is 4.24. The number of imidazole rings is 1. The fourth-order valence-electron chi connectivity index (χ4n) is 3.14. The maximum Gasteiger partial charge on any atom is 0.272 e. The van der Waals surface area contributed by atoms with Crippen LogP contribution in [0.4, 0.5) is 0 Å². The Hall–Kier alpha value is -2.35. The first kappa shape index (κ1) is 20.0. The molecule has 1 aromatic rings. The Bertz CT molecular complexity index is 702. The Labute approximate surface area is 154 Å². The maximum absolute atomic E-state index is 13.0. The Morgan fingerprint density at radius 1 is 1.31 bits per heavy atom. The molecule has 0 aromatic carbocycles. The lowest BCUT2D eigenvalue weighted by Gasteiger charge is -2.29. The van der Waals surface area contributed by atoms with Gasteiger partial charge < -0.3 is 25.2 Å². The molecule has 26 heavy (non-hydrogen) atoms. The van der Waals surface area contributed by atoms with Gasteiger partial charge in [0.1, 0.15) is 11.9 Å². The van der Waals surface area contributed by atoms with Gasteiger partial charge in [-0.1, -0.05) is 20.8 Å². The van der Waals surface area contributed by atoms with E-state index in [2.05, 4.69) is 20.5 Å². The van der Waals surface area contributed by atoms with E-state index in [1.807, 2.05) is 32.4 Å². The lowest BCUT2D eigenvalue weighted by molar-refractivity contribution is -0.124. The molecule has 0 unspecified atom stereocenters. The van der Waals surface area contributed by atoms with Crippen molar-refractivity contribution in [2.24, 2.45) is 5.41 Å². The number of likely N-dealkylation sites (N-methyl/N-ethyl adjacent to an activating group) is 1. The number of nitrogens with zero attached hydrogens (tertiary/aromatic N) is 3. The summed E-state index contributed by atoms with van der Waals surface area (Å²) < 4.78 is 1.96. The van der Waals surface area contributed by atoms with Gasteiger partial charge in [0.15, 0.2) is 5.69 Å². The van der Waals surface area contributed by atoms with Gasteiger partial charge in [-0.3, -0.25) is 9.59 Å². The maximum atomic E-state index is 13.0. The van der Waals surface area contributed by atoms with Gasteiger partial charge >= 0.3 is 0 Å². The number of fused-ring (bicyclic) bond motifs is 1. The van der Waals surface area contributed by atoms with Crippen LogP contribution in [-0.4, -0.2) is 58.1 Å². The van der Waals surface area contributed by atoms with E-state index in [1.54, 1.807) is 7.05 Å². The van der Waals surface area contributed by atoms with E-state index in [9.17, 15) is 9.59 Å². The van der Waals surface area contributed by atoms with E-state index in [1.165, 1.54) is 6.08 Å². The summed E-state index contributed by atoms with van der Waals surface area (Å²) in [5.74, 6) is -0.0934. The van der Waals surface area contributed by atoms with Crippen LogP contribution in [0.1, 0.15) is 49.2 Å². The first-order valence-corrected chi connectivity index (χ1v) is 8.80. The number of rotatable bonds is 4. The van der Waals surface area contributed by atoms with Crippen molar-refractivity contribution in [3.8, 4) is 0 Å². The normalized spacial score (nSPS) is 16.8. The molecule has 2 rings (SSSR count). The molecule has 8 nitrogen and oxygen atoms in total. The molecule has 0 saturated carbocycles. The molecule has 0 aliphatic carbocycles. The highest BCUT2D eigenvalue weighted by molar-refractivity contribution is 5.97. The Morgan fingerprint density at radius 2 is 2.00 bits per heavy atom. The lowest BCUT2D eigenvalue weighted by atomic mass is 9.86. The Balaban J connectivity index is 2.40. The van der Waals surface area contributed by atoms with Crippen LogP contribution in [0.25, 0.3) is 6.08 Å². The molecule has 1 atom stereocenters. The number of nitrogens with one attached hydrogen (secondary N) is 2. The molecule has 2 heterocycles. The van der Waals surface area contributed by atoms with E-state index >= 15 is 0 Å². The number of aliphatic hydroxyl groups excluding tert-OH is 1. The predicted octanol–water partition coefficient (Wildman–Crippen LogP) is 1.14. The minimum absolute atomic E-state index is 0.247. The summed E-state index contributed by atoms with van der Waals surface area (Å²) in [6.45, 7) is 7.90. The zero-order valence-corrected chi connectivity index (χ0v) is 16.2. The molecule has 1 aromatic heterocycles. The largest absolute Gasteiger partial charge is 0.515 e. The van der Waals surface area contributed by atoms with Gasteiger partial charge in [-0.05, 0) is 25.4 Å². The number of carbonyl (C=O) groups excluding carboxylic acids is 2. The van der Waals surface area contributed by atoms with E-state index in [4.69, 9.17) is 5.11 Å². The van der Waals surface area contributed by atoms with E-state index < -0.39 is 11.5 Å². The molecular weight excluding hydrogens is 334 g/mol. The Morgan fingerprint density at radius 3 is 2.58 bits per heavy atom. The molecule has 0 fully saturated rings. The number of aliphatic hydroxyl groups is 1. The quantitative estimate of drug-likeness (QED) is 0.697. The van der Waals surface area contributed by atoms with Crippen molar-refractivity contribution in [1.82, 2.24) is 25.1 Å². The second-order valence-corrected chi connectivity index (χ2v) is 7.71. The number of hydrogen-bond donors (Lipinski definition) is 3. The SMILES string of the molecule is CNC(=O)[C@@H](NC(=O)c1nc(/C=C/O)n2c1CN(C)CCC2)C(C)(C)C. The minimum Gasteiger partial charge on any atom is -0.515 e. The second-order valence-electron chi connectivity index (χ2n) is 7.71. The van der Waals surface area contributed by atoms with Gasteiger partial charge in [-0.25, -0.2) is 4.98 Å². The van der Waals surface area contributed by atoms with E-state index in [0.29, 0.717) is 18.1 Å². The van der Waals surface area contributed by atoms with Crippen LogP contribution in [0.2, 0.25) is 0 Å². The average Bonchev–Trinajstić information content (AvgIpc) is 2.76. The van der Waals surface area contributed by atoms with Crippen LogP contribution in [-0.2, 0) is 17.9 Å². The molecular formula is C18H29N5O3. The van der Waals surface area contributed by atoms with Crippen LogP contribution in [0.15, 0.2) is 6.26 Å². The van der Waals surface area contributed by atoms with Crippen LogP contribution < -0.4 is 10.6 Å². The fraction of sp³-hybridized carbons (Fsp3) is 0.611. The molecule has 0 radical (unpaired) electrons. The summed E-state index contributed by atoms with van der Waals surface area (Å²) >= 11 is 0. The van der Waals surface area contributed by atoms with Crippen LogP contribution in [0.3, 0.4) is 0 Å². The molecule has 2 amide bonds. The second kappa shape index (κ2) is 7.90. The van der Waals surface area contributed by atoms with E-state index in [-0.39, 0.29) is 11.8 Å². The van der Waals surface area contributed by atoms with Gasteiger partial charge in [-0.15, -0.1) is 0 Å². The summed E-state index contributed by atoms with van der Waals surface area (Å²) in [5.41, 5.74) is 0.641. The summed E-state index contributed by atoms with van der Waals surface area (Å²) in [6.07, 6.45) is 3.33. The molecule has 1 aliphatic rings. The summed E-state index contributed by atoms with van der Waals surface area (Å²) in [4.78, 5) is 31.7. The van der Waals surface area contributed by atoms with Crippen molar-refractivity contribution >= 4 is 17.9 Å². The lowest BCUT2D eigenvalue weighted by Crippen LogP contribution is -2.53. The van der Waals surface area contributed by atoms with Crippen molar-refractivity contribution in [1.29, 1.82) is 0 Å². The van der Waals surface area contributed by atoms with Crippen molar-refractivity contribution in [2.75, 3.05) is 20.6 Å². The zero-order chi connectivity index (χ0) is 19.5. The third-order valence-electron chi connectivity index (χ3n) is 4.53. The first-order valence-electron chi connectivity index (χ1n) is 8.80. The summed E-state index contributed by atoms with van der Waals surface area (Å²) in [7, 11) is 3.55. The zero-order valence-electron chi connectivity index (χ0n) is 16.2. The van der Waals surface area contributed by atoms with E-state index in [0.717, 1.165) is 31.5 Å². The van der Waals surface area contributed by atoms with Gasteiger partial charge in [0.25, 0.3) is 5.91 Å². The Kier molecular flexibility index (Phi) is 6.07. The monoisotopic (exact) mass is 363 g/mol. The summed E-state index contributed by atoms with van der Waals surface area (Å²) in [5, 5.41) is 14.6. The van der Waals surface area contributed by atoms with Crippen molar-refractivity contribution in [3.05, 3.63) is 23.5 Å². The predicted molar refractivity (Wildman–Crippen MR) is 99.6 cm³/mol. The smallest absolute Gasteiger partial charge is 0.272 e. The topological polar surface area (TPSA) is 99.5 Å². The van der Waals surface area contributed by atoms with Crippen molar-refractivity contribution in [3.63, 3.8) is 0 Å². The number of aromatic nitrogens is 2. The van der Waals surface area contributed by atoms with Gasteiger partial charge in [-0.2, -0.15) is 0 Å². The number of amides is 2. The van der Waals surface area contributed by atoms with Gasteiger partial charge in [0, 0.05) is 26.2 Å². The average molecular weight is 363 g/mol. The summed E-state index contributed by atoms with van der Waals surface area (Å²) in [6, 6.07) is -0.683. The van der Waals surface area contributed by atoms with Crippen LogP contribution in [0.5, 0.6) is 0 Å². The first-order chi connectivity index (χ1) is 12.2. The molecule has 8 heteroatoms. The van der Waals surface area contributed by atoms with Gasteiger partial charge in [0.2, 0.25) is 5.91 Å².